The maximum absolute atomic E-state index is 5.45. The van der Waals surface area contributed by atoms with Crippen molar-refractivity contribution in [3.8, 4) is 153 Å². The molecule has 9 aliphatic carbocycles. The third-order valence-corrected chi connectivity index (χ3v) is 32.9. The highest BCUT2D eigenvalue weighted by molar-refractivity contribution is 6.09. The molecule has 0 fully saturated rings. The molecule has 21 aromatic rings. The third kappa shape index (κ3) is 13.5. The Bertz CT molecular complexity index is 8940. The number of aromatic nitrogens is 10. The number of rotatable bonds is 11. The lowest BCUT2D eigenvalue weighted by atomic mass is 9.65. The average Bonchev–Trinajstić information content (AvgIpc) is 1.50. The SMILES string of the molecule is C1=CC2c3c(-c4nc(-c5ccccc5)nc(-c5ccccc5)n4)cccc3C3(c4ccccc4-c4ccccc43)C2C=C1.CC1(C)c2cccc(-c3nc(-c4ccc(-c5ccccc5)cc4)nc(-c4ccc(-n5c6ccccc6c6ccccc65)cc4)n3)c2C2C=CC=CC21.CC1(C)c2ccccc2-c2c(-c3nc(-c4ccccc4)nc(-c4cccc5c4C4C=CC=CC4C54c5ccccc5-c5ccccc54)n3)cccc21. The summed E-state index contributed by atoms with van der Waals surface area (Å²) in [6, 6.07) is 147. The standard InChI is InChI=1S/C49H35N3.C48H36N4.C40H27N3/c1-48(2)37-24-10-8-20-33(37)43-35(22-14-28-41(43)48)46-50-45(30-16-4-3-5-17-30)51-47(52-46)36-23-15-29-42-44(36)34-21-9-13-27-40(34)49(42)38-25-11-6-18-31(38)32-19-7-12-26-39(32)49;1-48(2)40-19-9-6-17-38(40)44-39(18-12-20-41(44)48)47-50-45(33-25-23-32(24-26-33)31-13-4-3-5-14-31)49-46(51-47)34-27-29-35(30-28-34)52-42-21-10-7-15-36(42)37-16-8-11-22-43(37)52;1-3-14-26(15-4-1)37-41-38(27-16-5-2-6-17-27)43-39(42-37)31-21-13-25-35-36(31)30-20-9-12-24-34(30)40(35)32-22-10-7-18-28(32)29-19-8-11-23-33(29)40/h3-29,34,40H,1-2H3;3-30,38,40H,1-2H3;1-25,30,34H. The second-order valence-electron chi connectivity index (χ2n) is 41.1. The molecule has 30 rings (SSSR count). The number of allylic oxidation sites excluding steroid dienone is 12. The van der Waals surface area contributed by atoms with Crippen molar-refractivity contribution in [2.75, 3.05) is 0 Å². The molecule has 10 heteroatoms. The van der Waals surface area contributed by atoms with Crippen LogP contribution in [-0.4, -0.2) is 49.4 Å². The zero-order valence-electron chi connectivity index (χ0n) is 81.6. The van der Waals surface area contributed by atoms with Crippen molar-refractivity contribution in [3.05, 3.63) is 552 Å². The van der Waals surface area contributed by atoms with Crippen molar-refractivity contribution in [1.29, 1.82) is 0 Å². The minimum absolute atomic E-state index is 0.00807. The Morgan fingerprint density at radius 1 is 0.190 bits per heavy atom. The van der Waals surface area contributed by atoms with E-state index in [2.05, 4.69) is 469 Å². The molecule has 6 atom stereocenters. The van der Waals surface area contributed by atoms with Crippen LogP contribution in [0, 0.1) is 17.8 Å². The fourth-order valence-corrected chi connectivity index (χ4v) is 26.5. The lowest BCUT2D eigenvalue weighted by Crippen LogP contribution is -2.32. The predicted octanol–water partition coefficient (Wildman–Crippen LogP) is 32.1. The van der Waals surface area contributed by atoms with Crippen molar-refractivity contribution in [2.45, 2.75) is 67.1 Å². The van der Waals surface area contributed by atoms with Crippen LogP contribution >= 0.6 is 0 Å². The molecule has 6 unspecified atom stereocenters. The molecule has 0 N–H and O–H groups in total. The predicted molar refractivity (Wildman–Crippen MR) is 596 cm³/mol. The molecule has 10 nitrogen and oxygen atoms in total. The zero-order valence-corrected chi connectivity index (χ0v) is 81.6. The molecule has 0 aliphatic heterocycles. The van der Waals surface area contributed by atoms with Gasteiger partial charge in [0.2, 0.25) is 0 Å². The van der Waals surface area contributed by atoms with Crippen LogP contribution in [0.5, 0.6) is 0 Å². The Hall–Kier alpha value is -18.0. The number of benzene rings is 17. The van der Waals surface area contributed by atoms with E-state index in [9.17, 15) is 0 Å². The van der Waals surface area contributed by atoms with E-state index in [1.165, 1.54) is 128 Å². The Labute approximate surface area is 855 Å². The molecule has 0 radical (unpaired) electrons. The van der Waals surface area contributed by atoms with Crippen LogP contribution in [0.25, 0.3) is 174 Å². The largest absolute Gasteiger partial charge is 0.309 e. The van der Waals surface area contributed by atoms with Gasteiger partial charge in [0.25, 0.3) is 0 Å². The molecule has 0 saturated heterocycles. The summed E-state index contributed by atoms with van der Waals surface area (Å²) in [5, 5.41) is 2.49. The monoisotopic (exact) mass is 1880 g/mol. The van der Waals surface area contributed by atoms with E-state index in [1.54, 1.807) is 0 Å². The summed E-state index contributed by atoms with van der Waals surface area (Å²) < 4.78 is 2.34. The number of hydrogen-bond donors (Lipinski definition) is 0. The Morgan fingerprint density at radius 3 is 0.878 bits per heavy atom. The van der Waals surface area contributed by atoms with Gasteiger partial charge in [0.15, 0.2) is 52.4 Å². The van der Waals surface area contributed by atoms with E-state index in [0.717, 1.165) is 61.3 Å². The van der Waals surface area contributed by atoms with Gasteiger partial charge in [0.1, 0.15) is 0 Å². The molecule has 9 aliphatic rings. The fourth-order valence-electron chi connectivity index (χ4n) is 26.5. The Kier molecular flexibility index (Phi) is 20.3. The van der Waals surface area contributed by atoms with Crippen molar-refractivity contribution in [1.82, 2.24) is 49.4 Å². The highest BCUT2D eigenvalue weighted by Gasteiger charge is 2.60. The van der Waals surface area contributed by atoms with Crippen LogP contribution in [0.15, 0.2) is 485 Å². The fraction of sp³-hybridized carbons (Fsp3) is 0.102. The number of hydrogen-bond acceptors (Lipinski definition) is 9. The zero-order chi connectivity index (χ0) is 97.8. The first kappa shape index (κ1) is 86.9. The van der Waals surface area contributed by atoms with Crippen LogP contribution in [0.1, 0.15) is 112 Å². The quantitative estimate of drug-likeness (QED) is 0.125. The van der Waals surface area contributed by atoms with Gasteiger partial charge in [-0.15, -0.1) is 0 Å². The van der Waals surface area contributed by atoms with E-state index in [1.807, 2.05) is 48.5 Å². The smallest absolute Gasteiger partial charge is 0.164 e. The second-order valence-corrected chi connectivity index (χ2v) is 41.1. The van der Waals surface area contributed by atoms with Crippen molar-refractivity contribution < 1.29 is 0 Å². The lowest BCUT2D eigenvalue weighted by Gasteiger charge is -2.36. The third-order valence-electron chi connectivity index (χ3n) is 32.9. The van der Waals surface area contributed by atoms with Gasteiger partial charge < -0.3 is 4.57 Å². The maximum atomic E-state index is 5.45. The highest BCUT2D eigenvalue weighted by atomic mass is 15.1. The summed E-state index contributed by atoms with van der Waals surface area (Å²) in [6.45, 7) is 9.36. The van der Waals surface area contributed by atoms with Gasteiger partial charge in [0, 0.05) is 102 Å². The summed E-state index contributed by atoms with van der Waals surface area (Å²) in [4.78, 5) is 46.9. The van der Waals surface area contributed by atoms with Crippen molar-refractivity contribution in [3.63, 3.8) is 0 Å². The summed E-state index contributed by atoms with van der Waals surface area (Å²) in [7, 11) is 0. The molecule has 2 spiro atoms. The number of para-hydroxylation sites is 2. The van der Waals surface area contributed by atoms with Gasteiger partial charge in [-0.2, -0.15) is 0 Å². The van der Waals surface area contributed by atoms with Gasteiger partial charge in [-0.25, -0.2) is 44.9 Å². The Morgan fingerprint density at radius 2 is 0.456 bits per heavy atom. The molecule has 0 saturated carbocycles. The second kappa shape index (κ2) is 34.4. The molecule has 147 heavy (non-hydrogen) atoms. The molecule has 0 amide bonds. The minimum Gasteiger partial charge on any atom is -0.309 e. The molecule has 696 valence electrons. The number of nitrogens with zero attached hydrogens (tertiary/aromatic N) is 10. The molecular formula is C137H98N10. The van der Waals surface area contributed by atoms with E-state index >= 15 is 0 Å². The van der Waals surface area contributed by atoms with E-state index in [-0.39, 0.29) is 51.2 Å². The molecule has 4 heterocycles. The maximum Gasteiger partial charge on any atom is 0.164 e. The molecular weight excluding hydrogens is 1790 g/mol. The molecule has 4 aromatic heterocycles. The topological polar surface area (TPSA) is 121 Å². The average molecular weight is 1880 g/mol. The van der Waals surface area contributed by atoms with Crippen molar-refractivity contribution >= 4 is 21.8 Å². The lowest BCUT2D eigenvalue weighted by molar-refractivity contribution is 0.394. The van der Waals surface area contributed by atoms with E-state index < -0.39 is 0 Å². The summed E-state index contributed by atoms with van der Waals surface area (Å²) >= 11 is 0. The highest BCUT2D eigenvalue weighted by Crippen LogP contribution is 2.69. The number of fused-ring (bicyclic) bond motifs is 29. The van der Waals surface area contributed by atoms with Crippen LogP contribution in [0.2, 0.25) is 0 Å². The Balaban J connectivity index is 0.000000107. The van der Waals surface area contributed by atoms with E-state index in [4.69, 9.17) is 44.9 Å². The van der Waals surface area contributed by atoms with Gasteiger partial charge >= 0.3 is 0 Å². The van der Waals surface area contributed by atoms with Crippen LogP contribution in [-0.2, 0) is 21.7 Å². The molecule has 0 bridgehead atoms. The normalized spacial score (nSPS) is 18.0. The summed E-state index contributed by atoms with van der Waals surface area (Å²) in [6.07, 6.45) is 27.6. The minimum atomic E-state index is -0.321. The van der Waals surface area contributed by atoms with Gasteiger partial charge in [-0.3, -0.25) is 0 Å². The van der Waals surface area contributed by atoms with Gasteiger partial charge in [0.05, 0.1) is 21.9 Å². The van der Waals surface area contributed by atoms with Crippen molar-refractivity contribution in [2.24, 2.45) is 17.8 Å². The van der Waals surface area contributed by atoms with Crippen LogP contribution in [0.4, 0.5) is 0 Å². The van der Waals surface area contributed by atoms with Crippen LogP contribution < -0.4 is 0 Å². The first-order valence-electron chi connectivity index (χ1n) is 51.2. The summed E-state index contributed by atoms with van der Waals surface area (Å²) in [5.41, 5.74) is 38.1. The van der Waals surface area contributed by atoms with Crippen LogP contribution in [0.3, 0.4) is 0 Å². The first-order valence-corrected chi connectivity index (χ1v) is 51.2. The molecule has 17 aromatic carbocycles. The van der Waals surface area contributed by atoms with Gasteiger partial charge in [-0.1, -0.05) is 477 Å². The van der Waals surface area contributed by atoms with E-state index in [0.29, 0.717) is 58.3 Å². The summed E-state index contributed by atoms with van der Waals surface area (Å²) in [5.74, 6) is 7.64. The first-order chi connectivity index (χ1) is 72.4. The van der Waals surface area contributed by atoms with Gasteiger partial charge in [-0.05, 0) is 159 Å².